The summed E-state index contributed by atoms with van der Waals surface area (Å²) in [6.07, 6.45) is 0. The molecule has 1 aromatic rings. The molecule has 0 aliphatic rings. The van der Waals surface area contributed by atoms with Gasteiger partial charge in [-0.25, -0.2) is 0 Å². The van der Waals surface area contributed by atoms with Crippen LogP contribution in [-0.2, 0) is 3.74 Å². The van der Waals surface area contributed by atoms with Gasteiger partial charge < -0.3 is 0 Å². The van der Waals surface area contributed by atoms with Crippen LogP contribution in [0.1, 0.15) is 0 Å². The molecule has 0 unspecified atom stereocenters. The molecular formula is C6H5AsO3-2. The van der Waals surface area contributed by atoms with E-state index in [1.165, 1.54) is 24.3 Å². The van der Waals surface area contributed by atoms with Crippen LogP contribution in [0.3, 0.4) is 0 Å². The summed E-state index contributed by atoms with van der Waals surface area (Å²) in [5.74, 6) is 0. The van der Waals surface area contributed by atoms with Crippen LogP contribution in [0.2, 0.25) is 0 Å². The number of rotatable bonds is 1. The second-order valence-electron chi connectivity index (χ2n) is 1.83. The fraction of sp³-hybridized carbons (Fsp3) is 0. The summed E-state index contributed by atoms with van der Waals surface area (Å²) in [5.41, 5.74) is 0. The molecule has 0 aliphatic heterocycles. The summed E-state index contributed by atoms with van der Waals surface area (Å²) in [7, 11) is 0. The van der Waals surface area contributed by atoms with Crippen molar-refractivity contribution < 1.29 is 11.9 Å². The van der Waals surface area contributed by atoms with Gasteiger partial charge in [0, 0.05) is 0 Å². The normalized spacial score (nSPS) is 11.4. The van der Waals surface area contributed by atoms with E-state index >= 15 is 0 Å². The topological polar surface area (TPSA) is 63.2 Å². The van der Waals surface area contributed by atoms with E-state index in [2.05, 4.69) is 0 Å². The van der Waals surface area contributed by atoms with Gasteiger partial charge in [-0.1, -0.05) is 0 Å². The Hall–Kier alpha value is -0.502. The molecule has 0 aromatic heterocycles. The van der Waals surface area contributed by atoms with Gasteiger partial charge in [-0.3, -0.25) is 0 Å². The SMILES string of the molecule is O=[As]([O-])([O-])c1ccccc1. The summed E-state index contributed by atoms with van der Waals surface area (Å²) < 4.78 is 31.0. The Labute approximate surface area is 61.3 Å². The monoisotopic (exact) mass is 200 g/mol. The predicted molar refractivity (Wildman–Crippen MR) is 32.5 cm³/mol. The van der Waals surface area contributed by atoms with Crippen LogP contribution in [0.5, 0.6) is 0 Å². The Kier molecular flexibility index (Phi) is 1.99. The molecule has 0 saturated carbocycles. The van der Waals surface area contributed by atoms with Crippen molar-refractivity contribution in [2.75, 3.05) is 0 Å². The van der Waals surface area contributed by atoms with Crippen molar-refractivity contribution in [3.05, 3.63) is 30.3 Å². The van der Waals surface area contributed by atoms with Gasteiger partial charge in [-0.05, 0) is 0 Å². The van der Waals surface area contributed by atoms with E-state index in [4.69, 9.17) is 0 Å². The summed E-state index contributed by atoms with van der Waals surface area (Å²) >= 11 is -5.10. The van der Waals surface area contributed by atoms with Crippen LogP contribution < -0.4 is 12.5 Å². The molecule has 3 nitrogen and oxygen atoms in total. The van der Waals surface area contributed by atoms with E-state index in [9.17, 15) is 11.9 Å². The van der Waals surface area contributed by atoms with Gasteiger partial charge in [0.05, 0.1) is 0 Å². The molecule has 1 rings (SSSR count). The average molecular weight is 200 g/mol. The molecule has 0 radical (unpaired) electrons. The summed E-state index contributed by atoms with van der Waals surface area (Å²) in [5, 5.41) is 0. The minimum absolute atomic E-state index is 0.0966. The maximum atomic E-state index is 10.4. The number of hydrogen-bond acceptors (Lipinski definition) is 3. The van der Waals surface area contributed by atoms with Crippen LogP contribution in [-0.4, -0.2) is 14.2 Å². The zero-order valence-corrected chi connectivity index (χ0v) is 6.94. The number of benzene rings is 1. The zero-order chi connectivity index (χ0) is 7.61. The van der Waals surface area contributed by atoms with Crippen molar-refractivity contribution in [1.82, 2.24) is 0 Å². The van der Waals surface area contributed by atoms with Crippen LogP contribution in [0.15, 0.2) is 30.3 Å². The van der Waals surface area contributed by atoms with Crippen LogP contribution in [0.4, 0.5) is 0 Å². The third kappa shape index (κ3) is 1.74. The van der Waals surface area contributed by atoms with Crippen LogP contribution >= 0.6 is 0 Å². The van der Waals surface area contributed by atoms with E-state index in [1.807, 2.05) is 0 Å². The quantitative estimate of drug-likeness (QED) is 0.491. The van der Waals surface area contributed by atoms with Crippen molar-refractivity contribution in [3.8, 4) is 0 Å². The van der Waals surface area contributed by atoms with Gasteiger partial charge in [0.2, 0.25) is 0 Å². The van der Waals surface area contributed by atoms with E-state index in [-0.39, 0.29) is 4.35 Å². The molecule has 10 heavy (non-hydrogen) atoms. The van der Waals surface area contributed by atoms with Crippen LogP contribution in [0.25, 0.3) is 0 Å². The Bertz CT molecular complexity index is 251. The van der Waals surface area contributed by atoms with Gasteiger partial charge in [0.15, 0.2) is 0 Å². The molecule has 4 heteroatoms. The molecule has 0 bridgehead atoms. The summed E-state index contributed by atoms with van der Waals surface area (Å²) in [4.78, 5) is 0. The molecule has 0 amide bonds. The molecule has 0 fully saturated rings. The van der Waals surface area contributed by atoms with Crippen molar-refractivity contribution in [3.63, 3.8) is 0 Å². The number of hydrogen-bond donors (Lipinski definition) is 0. The van der Waals surface area contributed by atoms with E-state index in [0.717, 1.165) is 0 Å². The third-order valence-corrected chi connectivity index (χ3v) is 3.02. The minimum atomic E-state index is -5.10. The average Bonchev–Trinajstić information content (AvgIpc) is 1.88. The van der Waals surface area contributed by atoms with E-state index in [0.29, 0.717) is 0 Å². The van der Waals surface area contributed by atoms with Crippen molar-refractivity contribution in [1.29, 1.82) is 0 Å². The molecular weight excluding hydrogens is 195 g/mol. The van der Waals surface area contributed by atoms with E-state index < -0.39 is 14.2 Å². The Morgan fingerprint density at radius 3 is 1.90 bits per heavy atom. The first-order valence-corrected chi connectivity index (χ1v) is 5.92. The molecule has 1 aromatic carbocycles. The Balaban J connectivity index is 3.09. The first kappa shape index (κ1) is 7.60. The summed E-state index contributed by atoms with van der Waals surface area (Å²) in [6, 6.07) is 7.33. The summed E-state index contributed by atoms with van der Waals surface area (Å²) in [6.45, 7) is 0. The van der Waals surface area contributed by atoms with Crippen molar-refractivity contribution in [2.45, 2.75) is 0 Å². The Morgan fingerprint density at radius 1 is 1.10 bits per heavy atom. The molecule has 0 N–H and O–H groups in total. The van der Waals surface area contributed by atoms with Gasteiger partial charge in [0.25, 0.3) is 0 Å². The molecule has 0 atom stereocenters. The van der Waals surface area contributed by atoms with Gasteiger partial charge >= 0.3 is 60.8 Å². The molecule has 54 valence electrons. The molecule has 0 aliphatic carbocycles. The Morgan fingerprint density at radius 2 is 1.60 bits per heavy atom. The molecule has 0 spiro atoms. The van der Waals surface area contributed by atoms with Crippen molar-refractivity contribution >= 4 is 18.5 Å². The van der Waals surface area contributed by atoms with Gasteiger partial charge in [0.1, 0.15) is 0 Å². The second-order valence-corrected chi connectivity index (χ2v) is 5.00. The third-order valence-electron chi connectivity index (χ3n) is 1.07. The van der Waals surface area contributed by atoms with Gasteiger partial charge in [-0.15, -0.1) is 0 Å². The van der Waals surface area contributed by atoms with Gasteiger partial charge in [-0.2, -0.15) is 0 Å². The molecule has 0 heterocycles. The van der Waals surface area contributed by atoms with E-state index in [1.54, 1.807) is 6.07 Å². The zero-order valence-electron chi connectivity index (χ0n) is 5.06. The molecule has 0 saturated heterocycles. The predicted octanol–water partition coefficient (Wildman–Crippen LogP) is -2.02. The first-order valence-electron chi connectivity index (χ1n) is 2.68. The van der Waals surface area contributed by atoms with Crippen LogP contribution in [0, 0.1) is 0 Å². The van der Waals surface area contributed by atoms with Crippen molar-refractivity contribution in [2.24, 2.45) is 0 Å². The maximum absolute atomic E-state index is 10.4. The first-order chi connectivity index (χ1) is 4.61. The second kappa shape index (κ2) is 2.62. The fourth-order valence-electron chi connectivity index (χ4n) is 0.611. The standard InChI is InChI=1S/C6H7AsO3/c8-7(9,10)6-4-2-1-3-5-6/h1-5H,(H2,8,9,10)/p-2. The fourth-order valence-corrected chi connectivity index (χ4v) is 1.74.